The van der Waals surface area contributed by atoms with Crippen molar-refractivity contribution in [3.8, 4) is 0 Å². The molecule has 2 aromatic carbocycles. The normalized spacial score (nSPS) is 25.3. The van der Waals surface area contributed by atoms with E-state index in [2.05, 4.69) is 17.0 Å². The van der Waals surface area contributed by atoms with Crippen LogP contribution in [0, 0.1) is 11.8 Å². The summed E-state index contributed by atoms with van der Waals surface area (Å²) in [7, 11) is 0. The van der Waals surface area contributed by atoms with Crippen LogP contribution in [-0.4, -0.2) is 71.9 Å². The largest absolute Gasteiger partial charge is 0.396 e. The number of aliphatic hydroxyl groups is 2. The number of aliphatic hydroxyl groups excluding tert-OH is 2. The van der Waals surface area contributed by atoms with Gasteiger partial charge in [0.05, 0.1) is 5.41 Å². The van der Waals surface area contributed by atoms with Gasteiger partial charge in [-0.15, -0.1) is 0 Å². The van der Waals surface area contributed by atoms with Gasteiger partial charge in [0, 0.05) is 54.9 Å². The van der Waals surface area contributed by atoms with Gasteiger partial charge in [-0.3, -0.25) is 4.79 Å². The van der Waals surface area contributed by atoms with Gasteiger partial charge in [-0.2, -0.15) is 0 Å². The van der Waals surface area contributed by atoms with Crippen LogP contribution in [0.1, 0.15) is 88.2 Å². The first-order valence-electron chi connectivity index (χ1n) is 16.6. The molecule has 0 radical (unpaired) electrons. The van der Waals surface area contributed by atoms with Gasteiger partial charge in [0.25, 0.3) is 0 Å². The molecule has 4 aliphatic rings. The molecular formula is C36H50Cl2N2O3. The van der Waals surface area contributed by atoms with Crippen LogP contribution in [-0.2, 0) is 15.6 Å². The van der Waals surface area contributed by atoms with Crippen LogP contribution in [0.25, 0.3) is 0 Å². The highest BCUT2D eigenvalue weighted by molar-refractivity contribution is 6.30. The standard InChI is InChI=1S/C18H24ClNO2.C18H26ClNO/c19-16-7-5-15(6-8-16)18(9-3-10-18)17(22)20-11-2-1-4-14(12-20)13-21;19-17-7-5-16(6-8-17)18(9-3-10-18)14-20-11-2-1-4-15(12-20)13-21/h5-8,14,21H,1-4,9-13H2;5-8,15,21H,1-4,9-14H2. The Kier molecular flexibility index (Phi) is 11.5. The highest BCUT2D eigenvalue weighted by Crippen LogP contribution is 2.46. The fourth-order valence-electron chi connectivity index (χ4n) is 7.77. The molecule has 2 N–H and O–H groups in total. The second-order valence-electron chi connectivity index (χ2n) is 13.7. The fourth-order valence-corrected chi connectivity index (χ4v) is 8.03. The Balaban J connectivity index is 0.000000171. The molecule has 2 unspecified atom stereocenters. The average Bonchev–Trinajstić information content (AvgIpc) is 3.37. The smallest absolute Gasteiger partial charge is 0.233 e. The third-order valence-electron chi connectivity index (χ3n) is 10.7. The maximum atomic E-state index is 13.2. The molecule has 236 valence electrons. The van der Waals surface area contributed by atoms with Crippen LogP contribution in [0.3, 0.4) is 0 Å². The molecule has 6 rings (SSSR count). The van der Waals surface area contributed by atoms with Crippen molar-refractivity contribution in [2.45, 2.75) is 87.9 Å². The summed E-state index contributed by atoms with van der Waals surface area (Å²) < 4.78 is 0. The van der Waals surface area contributed by atoms with Crippen molar-refractivity contribution < 1.29 is 15.0 Å². The molecule has 2 atom stereocenters. The zero-order valence-corrected chi connectivity index (χ0v) is 27.2. The van der Waals surface area contributed by atoms with Crippen LogP contribution in [0.2, 0.25) is 10.0 Å². The molecule has 43 heavy (non-hydrogen) atoms. The molecule has 5 nitrogen and oxygen atoms in total. The molecule has 7 heteroatoms. The summed E-state index contributed by atoms with van der Waals surface area (Å²) in [5.41, 5.74) is 2.52. The summed E-state index contributed by atoms with van der Waals surface area (Å²) in [5.74, 6) is 0.949. The minimum Gasteiger partial charge on any atom is -0.396 e. The Bertz CT molecular complexity index is 1160. The van der Waals surface area contributed by atoms with Crippen molar-refractivity contribution in [2.75, 3.05) is 45.9 Å². The van der Waals surface area contributed by atoms with Crippen molar-refractivity contribution in [2.24, 2.45) is 11.8 Å². The minimum atomic E-state index is -0.352. The lowest BCUT2D eigenvalue weighted by atomic mass is 9.63. The zero-order chi connectivity index (χ0) is 30.3. The first-order chi connectivity index (χ1) is 20.9. The molecule has 2 saturated heterocycles. The quantitative estimate of drug-likeness (QED) is 0.339. The summed E-state index contributed by atoms with van der Waals surface area (Å²) in [4.78, 5) is 17.8. The van der Waals surface area contributed by atoms with Gasteiger partial charge in [0.1, 0.15) is 0 Å². The van der Waals surface area contributed by atoms with Crippen molar-refractivity contribution in [1.29, 1.82) is 0 Å². The van der Waals surface area contributed by atoms with E-state index < -0.39 is 0 Å². The molecule has 2 aliphatic heterocycles. The number of amides is 1. The number of benzene rings is 2. The van der Waals surface area contributed by atoms with Crippen molar-refractivity contribution in [1.82, 2.24) is 9.80 Å². The van der Waals surface area contributed by atoms with Crippen LogP contribution < -0.4 is 0 Å². The molecule has 2 aromatic rings. The minimum absolute atomic E-state index is 0.178. The number of carbonyl (C=O) groups excluding carboxylic acids is 1. The number of halogens is 2. The van der Waals surface area contributed by atoms with E-state index in [4.69, 9.17) is 23.2 Å². The molecule has 0 bridgehead atoms. The molecule has 2 heterocycles. The lowest BCUT2D eigenvalue weighted by Crippen LogP contribution is -2.52. The van der Waals surface area contributed by atoms with E-state index in [0.717, 1.165) is 68.7 Å². The topological polar surface area (TPSA) is 64.0 Å². The number of likely N-dealkylation sites (tertiary alicyclic amines) is 2. The van der Waals surface area contributed by atoms with Gasteiger partial charge in [-0.1, -0.05) is 73.2 Å². The van der Waals surface area contributed by atoms with Gasteiger partial charge >= 0.3 is 0 Å². The van der Waals surface area contributed by atoms with E-state index in [1.807, 2.05) is 41.3 Å². The third kappa shape index (κ3) is 7.79. The lowest BCUT2D eigenvalue weighted by Gasteiger charge is -2.46. The molecule has 1 amide bonds. The van der Waals surface area contributed by atoms with Gasteiger partial charge in [-0.25, -0.2) is 0 Å². The van der Waals surface area contributed by atoms with Crippen LogP contribution in [0.4, 0.5) is 0 Å². The Morgan fingerprint density at radius 1 is 0.698 bits per heavy atom. The van der Waals surface area contributed by atoms with Crippen molar-refractivity contribution in [3.63, 3.8) is 0 Å². The van der Waals surface area contributed by atoms with Gasteiger partial charge in [-0.05, 0) is 105 Å². The molecule has 0 spiro atoms. The fraction of sp³-hybridized carbons (Fsp3) is 0.639. The number of nitrogens with zero attached hydrogens (tertiary/aromatic N) is 2. The maximum Gasteiger partial charge on any atom is 0.233 e. The van der Waals surface area contributed by atoms with Gasteiger partial charge in [0.15, 0.2) is 0 Å². The summed E-state index contributed by atoms with van der Waals surface area (Å²) >= 11 is 12.0. The number of rotatable bonds is 7. The maximum absolute atomic E-state index is 13.2. The van der Waals surface area contributed by atoms with Crippen molar-refractivity contribution in [3.05, 3.63) is 69.7 Å². The Morgan fingerprint density at radius 2 is 1.23 bits per heavy atom. The first kappa shape index (κ1) is 32.8. The number of hydrogen-bond donors (Lipinski definition) is 2. The van der Waals surface area contributed by atoms with Gasteiger partial charge < -0.3 is 20.0 Å². The molecule has 2 aliphatic carbocycles. The van der Waals surface area contributed by atoms with Crippen LogP contribution in [0.15, 0.2) is 48.5 Å². The average molecular weight is 630 g/mol. The molecule has 0 aromatic heterocycles. The van der Waals surface area contributed by atoms with E-state index in [-0.39, 0.29) is 23.8 Å². The highest BCUT2D eigenvalue weighted by Gasteiger charge is 2.48. The molecule has 4 fully saturated rings. The summed E-state index contributed by atoms with van der Waals surface area (Å²) in [6.07, 6.45) is 13.7. The predicted octanol–water partition coefficient (Wildman–Crippen LogP) is 7.24. The second-order valence-corrected chi connectivity index (χ2v) is 14.5. The first-order valence-corrected chi connectivity index (χ1v) is 17.4. The molecular weight excluding hydrogens is 579 g/mol. The summed E-state index contributed by atoms with van der Waals surface area (Å²) in [5, 5.41) is 20.5. The van der Waals surface area contributed by atoms with Crippen molar-refractivity contribution >= 4 is 29.1 Å². The van der Waals surface area contributed by atoms with E-state index in [9.17, 15) is 15.0 Å². The summed E-state index contributed by atoms with van der Waals surface area (Å²) in [6.45, 7) is 5.43. The van der Waals surface area contributed by atoms with E-state index in [1.165, 1.54) is 50.6 Å². The Morgan fingerprint density at radius 3 is 1.74 bits per heavy atom. The zero-order valence-electron chi connectivity index (χ0n) is 25.7. The second kappa shape index (κ2) is 15.1. The van der Waals surface area contributed by atoms with Crippen LogP contribution in [0.5, 0.6) is 0 Å². The SMILES string of the molecule is O=C(N1CCCCC(CO)C1)C1(c2ccc(Cl)cc2)CCC1.OCC1CCCCN(CC2(c3ccc(Cl)cc3)CCC2)C1. The monoisotopic (exact) mass is 628 g/mol. The Labute approximate surface area is 268 Å². The molecule has 2 saturated carbocycles. The number of hydrogen-bond acceptors (Lipinski definition) is 4. The van der Waals surface area contributed by atoms with Crippen LogP contribution >= 0.6 is 23.2 Å². The Hall–Kier alpha value is -1.63. The van der Waals surface area contributed by atoms with E-state index in [1.54, 1.807) is 0 Å². The van der Waals surface area contributed by atoms with Gasteiger partial charge in [0.2, 0.25) is 5.91 Å². The van der Waals surface area contributed by atoms with E-state index >= 15 is 0 Å². The number of carbonyl (C=O) groups is 1. The predicted molar refractivity (Wildman–Crippen MR) is 176 cm³/mol. The summed E-state index contributed by atoms with van der Waals surface area (Å²) in [6, 6.07) is 16.2. The van der Waals surface area contributed by atoms with E-state index in [0.29, 0.717) is 29.5 Å². The highest BCUT2D eigenvalue weighted by atomic mass is 35.5. The third-order valence-corrected chi connectivity index (χ3v) is 11.2. The lowest BCUT2D eigenvalue weighted by molar-refractivity contribution is -0.141.